The third-order valence-corrected chi connectivity index (χ3v) is 4.66. The molecule has 2 aliphatic heterocycles. The topological polar surface area (TPSA) is 66.1 Å². The van der Waals surface area contributed by atoms with Gasteiger partial charge in [0.05, 0.1) is 18.4 Å². The number of ether oxygens (including phenoxy) is 1. The summed E-state index contributed by atoms with van der Waals surface area (Å²) < 4.78 is 7.87. The van der Waals surface area contributed by atoms with Crippen LogP contribution in [0.1, 0.15) is 15.9 Å². The largest absolute Gasteiger partial charge is 0.465 e. The van der Waals surface area contributed by atoms with Gasteiger partial charge in [0.25, 0.3) is 5.56 Å². The summed E-state index contributed by atoms with van der Waals surface area (Å²) in [5.41, 5.74) is 2.82. The number of nitrogens with zero attached hydrogens (tertiary/aromatic N) is 3. The molecule has 0 aromatic heterocycles. The summed E-state index contributed by atoms with van der Waals surface area (Å²) in [6.07, 6.45) is 3.24. The number of aryl methyl sites for hydroxylation is 1. The number of esters is 1. The van der Waals surface area contributed by atoms with Crippen LogP contribution in [0.4, 0.5) is 0 Å². The van der Waals surface area contributed by atoms with Gasteiger partial charge in [-0.15, -0.1) is 0 Å². The van der Waals surface area contributed by atoms with Gasteiger partial charge in [-0.2, -0.15) is 9.78 Å². The predicted molar refractivity (Wildman–Crippen MR) is 107 cm³/mol. The molecule has 0 spiro atoms. The fourth-order valence-corrected chi connectivity index (χ4v) is 3.27. The first kappa shape index (κ1) is 18.0. The van der Waals surface area contributed by atoms with E-state index in [2.05, 4.69) is 5.10 Å². The molecule has 2 aromatic carbocycles. The van der Waals surface area contributed by atoms with Crippen LogP contribution in [0.15, 0.2) is 65.7 Å². The highest BCUT2D eigenvalue weighted by molar-refractivity contribution is 6.30. The van der Waals surface area contributed by atoms with Gasteiger partial charge in [0.2, 0.25) is 0 Å². The van der Waals surface area contributed by atoms with E-state index in [1.807, 2.05) is 31.2 Å². The van der Waals surface area contributed by atoms with Crippen molar-refractivity contribution in [3.05, 3.63) is 87.4 Å². The Bertz CT molecular complexity index is 1230. The summed E-state index contributed by atoms with van der Waals surface area (Å²) in [6, 6.07) is 14.5. The van der Waals surface area contributed by atoms with Crippen molar-refractivity contribution in [3.63, 3.8) is 0 Å². The van der Waals surface area contributed by atoms with E-state index in [0.717, 1.165) is 5.56 Å². The first-order chi connectivity index (χ1) is 13.5. The quantitative estimate of drug-likeness (QED) is 0.495. The summed E-state index contributed by atoms with van der Waals surface area (Å²) in [5.74, 6) is -0.574. The van der Waals surface area contributed by atoms with Crippen LogP contribution in [-0.4, -0.2) is 27.4 Å². The van der Waals surface area contributed by atoms with Crippen LogP contribution < -0.4 is 5.56 Å². The number of methoxy groups -OCH3 is 1. The van der Waals surface area contributed by atoms with Gasteiger partial charge in [0, 0.05) is 23.1 Å². The Morgan fingerprint density at radius 1 is 1.07 bits per heavy atom. The van der Waals surface area contributed by atoms with Crippen molar-refractivity contribution in [1.29, 1.82) is 0 Å². The van der Waals surface area contributed by atoms with Crippen molar-refractivity contribution in [2.24, 2.45) is 0 Å². The minimum absolute atomic E-state index is 0.198. The molecule has 0 aliphatic carbocycles. The molecule has 0 bridgehead atoms. The Labute approximate surface area is 165 Å². The standard InChI is InChI=1S/C21H16ClN3O3/c1-13-5-3-8-16(9-13)25-20(26)17-11-24(15-7-4-6-14(22)10-15)12-18(19(17)23-25)21(27)28-2/h3-12H,1-2H3. The maximum absolute atomic E-state index is 13.1. The van der Waals surface area contributed by atoms with Crippen molar-refractivity contribution in [1.82, 2.24) is 14.3 Å². The molecular formula is C21H16ClN3O3. The van der Waals surface area contributed by atoms with E-state index in [1.165, 1.54) is 11.8 Å². The summed E-state index contributed by atoms with van der Waals surface area (Å²) in [4.78, 5) is 25.4. The molecule has 140 valence electrons. The minimum Gasteiger partial charge on any atom is -0.465 e. The second-order valence-corrected chi connectivity index (χ2v) is 6.81. The Morgan fingerprint density at radius 2 is 1.82 bits per heavy atom. The lowest BCUT2D eigenvalue weighted by molar-refractivity contribution is 0.0600. The molecule has 0 atom stereocenters. The summed E-state index contributed by atoms with van der Waals surface area (Å²) in [5, 5.41) is 4.95. The zero-order valence-corrected chi connectivity index (χ0v) is 16.0. The number of hydrogen-bond acceptors (Lipinski definition) is 4. The van der Waals surface area contributed by atoms with Gasteiger partial charge in [-0.3, -0.25) is 4.79 Å². The van der Waals surface area contributed by atoms with Gasteiger partial charge in [0.1, 0.15) is 11.3 Å². The summed E-state index contributed by atoms with van der Waals surface area (Å²) >= 11 is 6.09. The predicted octanol–water partition coefficient (Wildman–Crippen LogP) is 3.88. The van der Waals surface area contributed by atoms with E-state index in [0.29, 0.717) is 22.0 Å². The molecule has 4 rings (SSSR count). The molecule has 2 aliphatic rings. The second-order valence-electron chi connectivity index (χ2n) is 6.37. The van der Waals surface area contributed by atoms with Crippen LogP contribution in [0, 0.1) is 6.92 Å². The first-order valence-corrected chi connectivity index (χ1v) is 8.92. The maximum Gasteiger partial charge on any atom is 0.341 e. The van der Waals surface area contributed by atoms with Crippen molar-refractivity contribution < 1.29 is 9.53 Å². The molecule has 6 nitrogen and oxygen atoms in total. The van der Waals surface area contributed by atoms with E-state index in [1.54, 1.807) is 41.2 Å². The molecular weight excluding hydrogens is 378 g/mol. The number of benzene rings is 2. The number of hydrogen-bond donors (Lipinski definition) is 0. The fourth-order valence-electron chi connectivity index (χ4n) is 3.09. The van der Waals surface area contributed by atoms with Crippen molar-refractivity contribution >= 4 is 17.6 Å². The summed E-state index contributed by atoms with van der Waals surface area (Å²) in [6.45, 7) is 1.93. The highest BCUT2D eigenvalue weighted by Gasteiger charge is 2.25. The van der Waals surface area contributed by atoms with Gasteiger partial charge >= 0.3 is 5.97 Å². The van der Waals surface area contributed by atoms with Crippen LogP contribution in [0.3, 0.4) is 0 Å². The Balaban J connectivity index is 2.01. The van der Waals surface area contributed by atoms with Crippen LogP contribution in [0.5, 0.6) is 0 Å². The van der Waals surface area contributed by atoms with Crippen molar-refractivity contribution in [2.45, 2.75) is 6.92 Å². The van der Waals surface area contributed by atoms with Crippen LogP contribution in [0.2, 0.25) is 5.02 Å². The lowest BCUT2D eigenvalue weighted by Gasteiger charge is -2.11. The molecule has 0 saturated carbocycles. The second kappa shape index (κ2) is 6.98. The minimum atomic E-state index is -0.574. The molecule has 2 aromatic rings. The molecule has 28 heavy (non-hydrogen) atoms. The van der Waals surface area contributed by atoms with E-state index in [9.17, 15) is 9.59 Å². The van der Waals surface area contributed by atoms with E-state index in [-0.39, 0.29) is 16.8 Å². The molecule has 7 heteroatoms. The highest BCUT2D eigenvalue weighted by atomic mass is 35.5. The highest BCUT2D eigenvalue weighted by Crippen LogP contribution is 2.25. The van der Waals surface area contributed by atoms with Crippen LogP contribution >= 0.6 is 11.6 Å². The number of carbonyl (C=O) groups excluding carboxylic acids is 1. The maximum atomic E-state index is 13.1. The Kier molecular flexibility index (Phi) is 4.49. The summed E-state index contributed by atoms with van der Waals surface area (Å²) in [7, 11) is 1.29. The fraction of sp³-hybridized carbons (Fsp3) is 0.0952. The smallest absolute Gasteiger partial charge is 0.341 e. The van der Waals surface area contributed by atoms with E-state index >= 15 is 0 Å². The normalized spacial score (nSPS) is 11.0. The molecule has 0 radical (unpaired) electrons. The first-order valence-electron chi connectivity index (χ1n) is 8.54. The number of halogens is 1. The number of carbonyl (C=O) groups is 1. The van der Waals surface area contributed by atoms with Crippen LogP contribution in [0.25, 0.3) is 22.6 Å². The third-order valence-electron chi connectivity index (χ3n) is 4.43. The number of rotatable bonds is 3. The SMILES string of the molecule is COC(=O)c1cn(-c2cccc(Cl)c2)cc2c(=O)n(-c3cccc(C)c3)nc1-2. The number of fused-ring (bicyclic) bond motifs is 1. The van der Waals surface area contributed by atoms with Gasteiger partial charge in [-0.1, -0.05) is 29.8 Å². The zero-order valence-electron chi connectivity index (χ0n) is 15.2. The van der Waals surface area contributed by atoms with Crippen LogP contribution in [-0.2, 0) is 4.74 Å². The molecule has 0 unspecified atom stereocenters. The molecule has 0 saturated heterocycles. The van der Waals surface area contributed by atoms with Gasteiger partial charge in [-0.25, -0.2) is 4.79 Å². The lowest BCUT2D eigenvalue weighted by Crippen LogP contribution is -2.15. The lowest BCUT2D eigenvalue weighted by atomic mass is 10.1. The Morgan fingerprint density at radius 3 is 2.54 bits per heavy atom. The average molecular weight is 394 g/mol. The van der Waals surface area contributed by atoms with E-state index < -0.39 is 5.97 Å². The zero-order chi connectivity index (χ0) is 19.8. The molecule has 0 amide bonds. The Hall–Kier alpha value is -3.38. The molecule has 0 N–H and O–H groups in total. The molecule has 0 fully saturated rings. The van der Waals surface area contributed by atoms with Gasteiger partial charge in [0.15, 0.2) is 0 Å². The van der Waals surface area contributed by atoms with Gasteiger partial charge < -0.3 is 9.30 Å². The van der Waals surface area contributed by atoms with E-state index in [4.69, 9.17) is 16.3 Å². The third kappa shape index (κ3) is 3.08. The monoisotopic (exact) mass is 393 g/mol. The average Bonchev–Trinajstić information content (AvgIpc) is 3.03. The van der Waals surface area contributed by atoms with Crippen molar-refractivity contribution in [3.8, 4) is 22.6 Å². The number of aromatic nitrogens is 3. The molecule has 2 heterocycles. The van der Waals surface area contributed by atoms with Crippen molar-refractivity contribution in [2.75, 3.05) is 7.11 Å². The van der Waals surface area contributed by atoms with Gasteiger partial charge in [-0.05, 0) is 42.8 Å². The number of pyridine rings is 1.